The van der Waals surface area contributed by atoms with Crippen LogP contribution in [0, 0.1) is 6.92 Å². The topological polar surface area (TPSA) is 101 Å². The number of likely N-dealkylation sites (N-methyl/N-ethyl adjacent to an activating group) is 1. The monoisotopic (exact) mass is 362 g/mol. The number of aryl methyl sites for hydroxylation is 1. The Bertz CT molecular complexity index is 748. The minimum Gasteiger partial charge on any atom is -0.395 e. The molecule has 1 aliphatic heterocycles. The fourth-order valence-electron chi connectivity index (χ4n) is 3.32. The van der Waals surface area contributed by atoms with Gasteiger partial charge in [-0.25, -0.2) is 0 Å². The molecule has 9 heteroatoms. The quantitative estimate of drug-likeness (QED) is 0.801. The first-order chi connectivity index (χ1) is 12.5. The van der Waals surface area contributed by atoms with Gasteiger partial charge < -0.3 is 19.1 Å². The Hall–Kier alpha value is -2.26. The molecule has 0 radical (unpaired) electrons. The Kier molecular flexibility index (Phi) is 5.67. The molecule has 142 valence electrons. The summed E-state index contributed by atoms with van der Waals surface area (Å²) >= 11 is 0. The van der Waals surface area contributed by atoms with Gasteiger partial charge in [0.2, 0.25) is 5.76 Å². The molecule has 1 saturated heterocycles. The smallest absolute Gasteiger partial charge is 0.292 e. The molecule has 26 heavy (non-hydrogen) atoms. The minimum absolute atomic E-state index is 0.103. The van der Waals surface area contributed by atoms with E-state index in [0.717, 1.165) is 24.5 Å². The Morgan fingerprint density at radius 3 is 2.73 bits per heavy atom. The number of aliphatic hydroxyl groups excluding tert-OH is 1. The number of aliphatic hydroxyl groups is 1. The summed E-state index contributed by atoms with van der Waals surface area (Å²) in [5.74, 6) is 2.32. The maximum absolute atomic E-state index is 12.4. The van der Waals surface area contributed by atoms with E-state index in [1.807, 2.05) is 28.5 Å². The van der Waals surface area contributed by atoms with Crippen molar-refractivity contribution in [3.63, 3.8) is 0 Å². The lowest BCUT2D eigenvalue weighted by atomic mass is 9.95. The molecule has 0 spiro atoms. The van der Waals surface area contributed by atoms with E-state index in [1.165, 1.54) is 0 Å². The number of rotatable bonds is 6. The number of likely N-dealkylation sites (tertiary alicyclic amines) is 1. The average Bonchev–Trinajstić information content (AvgIpc) is 3.21. The van der Waals surface area contributed by atoms with E-state index in [9.17, 15) is 4.79 Å². The van der Waals surface area contributed by atoms with Crippen LogP contribution in [0.5, 0.6) is 0 Å². The van der Waals surface area contributed by atoms with Crippen molar-refractivity contribution >= 4 is 5.91 Å². The Morgan fingerprint density at radius 1 is 1.38 bits per heavy atom. The highest BCUT2D eigenvalue weighted by Crippen LogP contribution is 2.27. The number of hydrogen-bond donors (Lipinski definition) is 1. The lowest BCUT2D eigenvalue weighted by Gasteiger charge is -2.30. The summed E-state index contributed by atoms with van der Waals surface area (Å²) < 4.78 is 7.12. The summed E-state index contributed by atoms with van der Waals surface area (Å²) in [6.45, 7) is 4.50. The molecule has 0 aliphatic carbocycles. The first-order valence-electron chi connectivity index (χ1n) is 8.89. The van der Waals surface area contributed by atoms with Gasteiger partial charge in [0.15, 0.2) is 0 Å². The Balaban J connectivity index is 1.60. The highest BCUT2D eigenvalue weighted by atomic mass is 16.5. The van der Waals surface area contributed by atoms with Gasteiger partial charge in [0.1, 0.15) is 11.6 Å². The van der Waals surface area contributed by atoms with Crippen LogP contribution >= 0.6 is 0 Å². The summed E-state index contributed by atoms with van der Waals surface area (Å²) in [6, 6.07) is 1.67. The van der Waals surface area contributed by atoms with Gasteiger partial charge in [-0.15, -0.1) is 10.2 Å². The molecule has 0 atom stereocenters. The van der Waals surface area contributed by atoms with Gasteiger partial charge in [-0.2, -0.15) is 0 Å². The molecule has 0 bridgehead atoms. The van der Waals surface area contributed by atoms with Crippen molar-refractivity contribution in [2.75, 3.05) is 33.3 Å². The van der Waals surface area contributed by atoms with E-state index in [-0.39, 0.29) is 18.4 Å². The molecule has 0 saturated carbocycles. The van der Waals surface area contributed by atoms with Crippen LogP contribution in [-0.2, 0) is 13.6 Å². The lowest BCUT2D eigenvalue weighted by molar-refractivity contribution is 0.0668. The van der Waals surface area contributed by atoms with Gasteiger partial charge in [-0.3, -0.25) is 9.69 Å². The third kappa shape index (κ3) is 3.94. The molecular weight excluding hydrogens is 336 g/mol. The number of carbonyl (C=O) groups is 1. The number of aromatic nitrogens is 4. The number of nitrogens with zero attached hydrogens (tertiary/aromatic N) is 6. The van der Waals surface area contributed by atoms with E-state index in [2.05, 4.69) is 15.4 Å². The summed E-state index contributed by atoms with van der Waals surface area (Å²) in [6.07, 6.45) is 1.69. The minimum atomic E-state index is -0.103. The third-order valence-corrected chi connectivity index (χ3v) is 4.88. The highest BCUT2D eigenvalue weighted by molar-refractivity contribution is 5.91. The zero-order chi connectivity index (χ0) is 18.7. The van der Waals surface area contributed by atoms with Crippen molar-refractivity contribution in [3.05, 3.63) is 29.2 Å². The SMILES string of the molecule is Cc1cc(C(=O)N2CCC(c3nnc(CN(C)CCO)n3C)CC2)on1. The summed E-state index contributed by atoms with van der Waals surface area (Å²) in [4.78, 5) is 16.3. The summed E-state index contributed by atoms with van der Waals surface area (Å²) in [5, 5.41) is 21.5. The van der Waals surface area contributed by atoms with Gasteiger partial charge >= 0.3 is 0 Å². The van der Waals surface area contributed by atoms with E-state index in [0.29, 0.717) is 37.6 Å². The number of carbonyl (C=O) groups excluding carboxylic acids is 1. The molecule has 0 unspecified atom stereocenters. The van der Waals surface area contributed by atoms with Gasteiger partial charge in [0.05, 0.1) is 18.8 Å². The largest absolute Gasteiger partial charge is 0.395 e. The van der Waals surface area contributed by atoms with E-state index < -0.39 is 0 Å². The molecule has 0 aromatic carbocycles. The van der Waals surface area contributed by atoms with Crippen molar-refractivity contribution in [2.45, 2.75) is 32.2 Å². The van der Waals surface area contributed by atoms with E-state index in [1.54, 1.807) is 13.0 Å². The third-order valence-electron chi connectivity index (χ3n) is 4.88. The second-order valence-corrected chi connectivity index (χ2v) is 6.89. The predicted molar refractivity (Wildman–Crippen MR) is 93.5 cm³/mol. The zero-order valence-electron chi connectivity index (χ0n) is 15.6. The number of amides is 1. The van der Waals surface area contributed by atoms with E-state index in [4.69, 9.17) is 9.63 Å². The van der Waals surface area contributed by atoms with Gasteiger partial charge in [0, 0.05) is 38.7 Å². The molecule has 1 N–H and O–H groups in total. The van der Waals surface area contributed by atoms with Crippen LogP contribution < -0.4 is 0 Å². The summed E-state index contributed by atoms with van der Waals surface area (Å²) in [7, 11) is 3.92. The van der Waals surface area contributed by atoms with Crippen molar-refractivity contribution in [1.82, 2.24) is 29.7 Å². The van der Waals surface area contributed by atoms with Crippen LogP contribution in [0.15, 0.2) is 10.6 Å². The normalized spacial score (nSPS) is 15.8. The number of hydrogen-bond acceptors (Lipinski definition) is 7. The molecule has 2 aromatic heterocycles. The second kappa shape index (κ2) is 7.96. The maximum atomic E-state index is 12.4. The Labute approximate surface area is 152 Å². The van der Waals surface area contributed by atoms with Gasteiger partial charge in [-0.1, -0.05) is 5.16 Å². The highest BCUT2D eigenvalue weighted by Gasteiger charge is 2.29. The average molecular weight is 362 g/mol. The first-order valence-corrected chi connectivity index (χ1v) is 8.89. The van der Waals surface area contributed by atoms with Crippen LogP contribution in [0.1, 0.15) is 46.7 Å². The van der Waals surface area contributed by atoms with E-state index >= 15 is 0 Å². The van der Waals surface area contributed by atoms with Crippen LogP contribution in [0.2, 0.25) is 0 Å². The molecule has 1 aliphatic rings. The van der Waals surface area contributed by atoms with Crippen molar-refractivity contribution in [3.8, 4) is 0 Å². The molecule has 3 rings (SSSR count). The Morgan fingerprint density at radius 2 is 2.12 bits per heavy atom. The van der Waals surface area contributed by atoms with Crippen LogP contribution in [0.3, 0.4) is 0 Å². The lowest BCUT2D eigenvalue weighted by Crippen LogP contribution is -2.38. The second-order valence-electron chi connectivity index (χ2n) is 6.89. The van der Waals surface area contributed by atoms with Crippen LogP contribution in [0.4, 0.5) is 0 Å². The zero-order valence-corrected chi connectivity index (χ0v) is 15.6. The first kappa shape index (κ1) is 18.5. The predicted octanol–water partition coefficient (Wildman–Crippen LogP) is 0.555. The van der Waals surface area contributed by atoms with Gasteiger partial charge in [-0.05, 0) is 26.8 Å². The molecule has 1 amide bonds. The van der Waals surface area contributed by atoms with Crippen molar-refractivity contribution < 1.29 is 14.4 Å². The van der Waals surface area contributed by atoms with Crippen molar-refractivity contribution in [1.29, 1.82) is 0 Å². The molecule has 3 heterocycles. The van der Waals surface area contributed by atoms with Gasteiger partial charge in [0.25, 0.3) is 5.91 Å². The summed E-state index contributed by atoms with van der Waals surface area (Å²) in [5.41, 5.74) is 0.709. The molecule has 2 aromatic rings. The fraction of sp³-hybridized carbons (Fsp3) is 0.647. The van der Waals surface area contributed by atoms with Crippen molar-refractivity contribution in [2.24, 2.45) is 7.05 Å². The molecular formula is C17H26N6O3. The standard InChI is InChI=1S/C17H26N6O3/c1-12-10-14(26-20-12)17(25)23-6-4-13(5-7-23)16-19-18-15(22(16)3)11-21(2)8-9-24/h10,13,24H,4-9,11H2,1-3H3. The fourth-order valence-corrected chi connectivity index (χ4v) is 3.32. The number of piperidine rings is 1. The van der Waals surface area contributed by atoms with Crippen LogP contribution in [-0.4, -0.2) is 74.0 Å². The maximum Gasteiger partial charge on any atom is 0.292 e. The van der Waals surface area contributed by atoms with Crippen LogP contribution in [0.25, 0.3) is 0 Å². The molecule has 9 nitrogen and oxygen atoms in total. The molecule has 1 fully saturated rings.